The molecule has 0 spiro atoms. The Kier molecular flexibility index (Phi) is 6.36. The van der Waals surface area contributed by atoms with Gasteiger partial charge in [0.25, 0.3) is 5.91 Å². The lowest BCUT2D eigenvalue weighted by atomic mass is 9.89. The molecule has 11 heteroatoms. The number of benzene rings is 4. The van der Waals surface area contributed by atoms with Gasteiger partial charge in [0, 0.05) is 52.0 Å². The third kappa shape index (κ3) is 4.94. The highest BCUT2D eigenvalue weighted by Gasteiger charge is 2.23. The minimum Gasteiger partial charge on any atom is -0.478 e. The predicted molar refractivity (Wildman–Crippen MR) is 150 cm³/mol. The minimum absolute atomic E-state index is 0.0485. The lowest BCUT2D eigenvalue weighted by molar-refractivity contribution is 0.0697. The van der Waals surface area contributed by atoms with Crippen molar-refractivity contribution in [1.29, 1.82) is 5.41 Å². The zero-order chi connectivity index (χ0) is 28.5. The van der Waals surface area contributed by atoms with Crippen LogP contribution in [0.4, 0.5) is 5.69 Å². The van der Waals surface area contributed by atoms with E-state index in [1.54, 1.807) is 60.7 Å². The number of hydrogen-bond acceptors (Lipinski definition) is 9. The lowest BCUT2D eigenvalue weighted by Crippen LogP contribution is -2.23. The summed E-state index contributed by atoms with van der Waals surface area (Å²) in [4.78, 5) is 25.5. The zero-order valence-corrected chi connectivity index (χ0v) is 21.3. The summed E-state index contributed by atoms with van der Waals surface area (Å²) in [6.07, 6.45) is 1.25. The van der Waals surface area contributed by atoms with E-state index in [0.29, 0.717) is 44.9 Å². The number of rotatable bonds is 6. The molecule has 0 saturated heterocycles. The van der Waals surface area contributed by atoms with Gasteiger partial charge in [-0.05, 0) is 47.5 Å². The van der Waals surface area contributed by atoms with Crippen LogP contribution in [0, 0.1) is 5.41 Å². The van der Waals surface area contributed by atoms with E-state index in [1.807, 2.05) is 12.1 Å². The second-order valence-electron chi connectivity index (χ2n) is 9.26. The summed E-state index contributed by atoms with van der Waals surface area (Å²) in [7, 11) is 0. The molecule has 5 N–H and O–H groups in total. The summed E-state index contributed by atoms with van der Waals surface area (Å²) >= 11 is 0. The molecule has 0 bridgehead atoms. The number of aromatic carboxylic acids is 1. The molecule has 3 aromatic carbocycles. The number of amides is 1. The fourth-order valence-corrected chi connectivity index (χ4v) is 4.65. The molecule has 1 aliphatic carbocycles. The van der Waals surface area contributed by atoms with Crippen molar-refractivity contribution in [3.63, 3.8) is 0 Å². The molecule has 0 saturated carbocycles. The molecule has 2 heterocycles. The monoisotopic (exact) mass is 543 g/mol. The first-order chi connectivity index (χ1) is 19.9. The van der Waals surface area contributed by atoms with Crippen molar-refractivity contribution in [2.75, 3.05) is 5.73 Å². The number of carbonyl (C=O) groups is 2. The van der Waals surface area contributed by atoms with Crippen molar-refractivity contribution in [2.45, 2.75) is 6.54 Å². The first kappa shape index (κ1) is 25.3. The number of aromatic nitrogens is 4. The SMILES string of the molecule is N=c1ccc2c(-c3ccc(C(=O)NCc4ccc(-c5nncnn5)cc4)cc3C(=O)O)c3ccc(N)cc3oc-2c1. The van der Waals surface area contributed by atoms with E-state index in [2.05, 4.69) is 25.7 Å². The standard InChI is InChI=1S/C30H21N7O4/c31-19-6-9-22-25(12-19)41-26-13-20(32)7-10-23(26)27(22)21-8-5-18(11-24(21)30(39)40)29(38)33-14-16-1-3-17(4-2-16)28-36-34-15-35-37-28/h1-13,15,31H,14,32H2,(H,33,38)(H,39,40). The number of carboxylic acids is 1. The number of nitrogens with zero attached hydrogens (tertiary/aromatic N) is 4. The topological polar surface area (TPSA) is 181 Å². The van der Waals surface area contributed by atoms with Crippen molar-refractivity contribution >= 4 is 28.5 Å². The van der Waals surface area contributed by atoms with Crippen LogP contribution >= 0.6 is 0 Å². The minimum atomic E-state index is -1.19. The fraction of sp³-hybridized carbons (Fsp3) is 0.0333. The average Bonchev–Trinajstić information content (AvgIpc) is 2.99. The van der Waals surface area contributed by atoms with Crippen molar-refractivity contribution in [2.24, 2.45) is 0 Å². The van der Waals surface area contributed by atoms with Gasteiger partial charge in [-0.1, -0.05) is 30.3 Å². The van der Waals surface area contributed by atoms with Crippen LogP contribution in [0.15, 0.2) is 89.6 Å². The molecule has 0 radical (unpaired) electrons. The normalized spacial score (nSPS) is 11.0. The third-order valence-electron chi connectivity index (χ3n) is 6.60. The van der Waals surface area contributed by atoms with Crippen LogP contribution in [-0.4, -0.2) is 37.4 Å². The molecular weight excluding hydrogens is 522 g/mol. The molecule has 6 rings (SSSR count). The number of nitrogens with two attached hydrogens (primary N) is 1. The van der Waals surface area contributed by atoms with Crippen molar-refractivity contribution in [3.05, 3.63) is 107 Å². The Labute approximate surface area is 232 Å². The Morgan fingerprint density at radius 2 is 1.66 bits per heavy atom. The number of anilines is 1. The third-order valence-corrected chi connectivity index (χ3v) is 6.60. The highest BCUT2D eigenvalue weighted by Crippen LogP contribution is 2.41. The van der Waals surface area contributed by atoms with E-state index < -0.39 is 11.9 Å². The molecule has 0 fully saturated rings. The van der Waals surface area contributed by atoms with Gasteiger partial charge >= 0.3 is 5.97 Å². The van der Waals surface area contributed by atoms with E-state index in [-0.39, 0.29) is 23.0 Å². The van der Waals surface area contributed by atoms with Crippen LogP contribution in [0.2, 0.25) is 0 Å². The Hall–Kier alpha value is -5.97. The molecule has 2 aliphatic rings. The van der Waals surface area contributed by atoms with E-state index in [1.165, 1.54) is 12.4 Å². The lowest BCUT2D eigenvalue weighted by Gasteiger charge is -2.17. The smallest absolute Gasteiger partial charge is 0.336 e. The van der Waals surface area contributed by atoms with Crippen molar-refractivity contribution in [3.8, 4) is 33.8 Å². The molecule has 0 atom stereocenters. The summed E-state index contributed by atoms with van der Waals surface area (Å²) in [5.41, 5.74) is 10.3. The molecule has 11 nitrogen and oxygen atoms in total. The van der Waals surface area contributed by atoms with E-state index in [4.69, 9.17) is 15.6 Å². The summed E-state index contributed by atoms with van der Waals surface area (Å²) in [6.45, 7) is 0.224. The van der Waals surface area contributed by atoms with Gasteiger partial charge in [-0.25, -0.2) is 4.79 Å². The number of hydrogen-bond donors (Lipinski definition) is 4. The number of nitrogens with one attached hydrogen (secondary N) is 2. The number of carbonyl (C=O) groups excluding carboxylic acids is 1. The van der Waals surface area contributed by atoms with E-state index in [9.17, 15) is 14.7 Å². The first-order valence-corrected chi connectivity index (χ1v) is 12.4. The number of nitrogen functional groups attached to an aromatic ring is 1. The van der Waals surface area contributed by atoms with Gasteiger partial charge in [-0.3, -0.25) is 4.79 Å². The Morgan fingerprint density at radius 1 is 0.902 bits per heavy atom. The Bertz CT molecular complexity index is 1970. The van der Waals surface area contributed by atoms with Gasteiger partial charge in [0.05, 0.1) is 10.9 Å². The van der Waals surface area contributed by atoms with Gasteiger partial charge in [-0.2, -0.15) is 0 Å². The highest BCUT2D eigenvalue weighted by atomic mass is 16.4. The van der Waals surface area contributed by atoms with E-state index >= 15 is 0 Å². The summed E-state index contributed by atoms with van der Waals surface area (Å²) in [5, 5.41) is 37.2. The van der Waals surface area contributed by atoms with Gasteiger partial charge in [-0.15, -0.1) is 20.4 Å². The zero-order valence-electron chi connectivity index (χ0n) is 21.3. The summed E-state index contributed by atoms with van der Waals surface area (Å²) < 4.78 is 6.01. The van der Waals surface area contributed by atoms with Gasteiger partial charge in [0.15, 0.2) is 6.33 Å². The van der Waals surface area contributed by atoms with Crippen LogP contribution in [0.1, 0.15) is 26.3 Å². The molecule has 1 aliphatic heterocycles. The van der Waals surface area contributed by atoms with Crippen LogP contribution in [0.3, 0.4) is 0 Å². The number of fused-ring (bicyclic) bond motifs is 2. The fourth-order valence-electron chi connectivity index (χ4n) is 4.65. The molecule has 200 valence electrons. The predicted octanol–water partition coefficient (Wildman–Crippen LogP) is 4.14. The maximum Gasteiger partial charge on any atom is 0.336 e. The maximum atomic E-state index is 13.0. The molecule has 1 aromatic heterocycles. The highest BCUT2D eigenvalue weighted by molar-refractivity contribution is 6.09. The molecular formula is C30H21N7O4. The Balaban J connectivity index is 1.33. The number of carboxylic acid groups (broad SMARTS) is 1. The summed E-state index contributed by atoms with van der Waals surface area (Å²) in [5.74, 6) is -0.805. The maximum absolute atomic E-state index is 13.0. The molecule has 41 heavy (non-hydrogen) atoms. The van der Waals surface area contributed by atoms with Gasteiger partial charge in [0.2, 0.25) is 5.82 Å². The first-order valence-electron chi connectivity index (χ1n) is 12.4. The Morgan fingerprint density at radius 3 is 2.41 bits per heavy atom. The van der Waals surface area contributed by atoms with Gasteiger partial charge in [0.1, 0.15) is 11.3 Å². The average molecular weight is 544 g/mol. The summed E-state index contributed by atoms with van der Waals surface area (Å²) in [6, 6.07) is 21.9. The van der Waals surface area contributed by atoms with Crippen LogP contribution in [0.25, 0.3) is 44.8 Å². The van der Waals surface area contributed by atoms with Crippen LogP contribution < -0.4 is 16.4 Å². The second-order valence-corrected chi connectivity index (χ2v) is 9.26. The quantitative estimate of drug-likeness (QED) is 0.177. The molecule has 1 amide bonds. The van der Waals surface area contributed by atoms with Gasteiger partial charge < -0.3 is 26.0 Å². The van der Waals surface area contributed by atoms with E-state index in [0.717, 1.165) is 11.1 Å². The van der Waals surface area contributed by atoms with Crippen LogP contribution in [0.5, 0.6) is 0 Å². The van der Waals surface area contributed by atoms with Crippen molar-refractivity contribution in [1.82, 2.24) is 25.7 Å². The van der Waals surface area contributed by atoms with Crippen molar-refractivity contribution < 1.29 is 19.1 Å². The second kappa shape index (κ2) is 10.3. The molecule has 4 aromatic rings. The molecule has 0 unspecified atom stereocenters. The largest absolute Gasteiger partial charge is 0.478 e. The van der Waals surface area contributed by atoms with Crippen LogP contribution in [-0.2, 0) is 6.54 Å².